The number of hydrogen-bond acceptors (Lipinski definition) is 4. The summed E-state index contributed by atoms with van der Waals surface area (Å²) in [6, 6.07) is 14.1. The van der Waals surface area contributed by atoms with Gasteiger partial charge >= 0.3 is 0 Å². The van der Waals surface area contributed by atoms with Crippen LogP contribution >= 0.6 is 15.9 Å². The highest BCUT2D eigenvalue weighted by molar-refractivity contribution is 9.10. The number of rotatable bonds is 16. The summed E-state index contributed by atoms with van der Waals surface area (Å²) in [5.41, 5.74) is 0. The molecule has 3 aromatic carbocycles. The molecular weight excluding hydrogens is 504 g/mol. The molecule has 0 aliphatic carbocycles. The van der Waals surface area contributed by atoms with Gasteiger partial charge in [-0.25, -0.2) is 0 Å². The summed E-state index contributed by atoms with van der Waals surface area (Å²) in [4.78, 5) is 0. The van der Waals surface area contributed by atoms with Crippen LogP contribution in [-0.4, -0.2) is 35.6 Å². The summed E-state index contributed by atoms with van der Waals surface area (Å²) >= 11 is 3.60. The SMILES string of the molecule is CCCCCCC(O)COc1c2ccccc2c(OCC(O)CCCCCC)c2cc(Br)ccc12. The molecule has 0 bridgehead atoms. The van der Waals surface area contributed by atoms with Gasteiger partial charge in [0.1, 0.15) is 24.7 Å². The third-order valence-electron chi connectivity index (χ3n) is 6.51. The molecule has 0 heterocycles. The Morgan fingerprint density at radius 1 is 0.657 bits per heavy atom. The minimum absolute atomic E-state index is 0.258. The van der Waals surface area contributed by atoms with Crippen molar-refractivity contribution in [2.45, 2.75) is 90.3 Å². The highest BCUT2D eigenvalue weighted by atomic mass is 79.9. The predicted octanol–water partition coefficient (Wildman–Crippen LogP) is 8.18. The zero-order valence-corrected chi connectivity index (χ0v) is 22.9. The number of fused-ring (bicyclic) bond motifs is 2. The normalized spacial score (nSPS) is 13.3. The summed E-state index contributed by atoms with van der Waals surface area (Å²) in [5.74, 6) is 1.53. The summed E-state index contributed by atoms with van der Waals surface area (Å²) in [5, 5.41) is 24.8. The molecule has 0 fully saturated rings. The second-order valence-corrected chi connectivity index (χ2v) is 10.4. The van der Waals surface area contributed by atoms with Gasteiger partial charge in [0.05, 0.1) is 12.2 Å². The number of aliphatic hydroxyl groups excluding tert-OH is 2. The Hall–Kier alpha value is -1.82. The van der Waals surface area contributed by atoms with Crippen LogP contribution in [0.2, 0.25) is 0 Å². The van der Waals surface area contributed by atoms with E-state index in [4.69, 9.17) is 9.47 Å². The van der Waals surface area contributed by atoms with Crippen LogP contribution in [0.3, 0.4) is 0 Å². The average Bonchev–Trinajstić information content (AvgIpc) is 2.86. The Bertz CT molecular complexity index is 1050. The minimum Gasteiger partial charge on any atom is -0.490 e. The monoisotopic (exact) mass is 544 g/mol. The molecule has 2 atom stereocenters. The Labute approximate surface area is 218 Å². The summed E-state index contributed by atoms with van der Waals surface area (Å²) < 4.78 is 13.5. The lowest BCUT2D eigenvalue weighted by Gasteiger charge is -2.20. The number of hydrogen-bond donors (Lipinski definition) is 2. The van der Waals surface area contributed by atoms with Crippen LogP contribution < -0.4 is 9.47 Å². The largest absolute Gasteiger partial charge is 0.490 e. The van der Waals surface area contributed by atoms with Gasteiger partial charge in [0.2, 0.25) is 0 Å². The average molecular weight is 546 g/mol. The predicted molar refractivity (Wildman–Crippen MR) is 150 cm³/mol. The lowest BCUT2D eigenvalue weighted by molar-refractivity contribution is 0.0978. The van der Waals surface area contributed by atoms with Crippen molar-refractivity contribution in [3.05, 3.63) is 46.9 Å². The maximum Gasteiger partial charge on any atom is 0.135 e. The van der Waals surface area contributed by atoms with Crippen LogP contribution in [0.5, 0.6) is 11.5 Å². The molecule has 192 valence electrons. The smallest absolute Gasteiger partial charge is 0.135 e. The van der Waals surface area contributed by atoms with Gasteiger partial charge in [0.15, 0.2) is 0 Å². The van der Waals surface area contributed by atoms with E-state index in [0.717, 1.165) is 76.0 Å². The summed E-state index contributed by atoms with van der Waals surface area (Å²) in [7, 11) is 0. The van der Waals surface area contributed by atoms with Gasteiger partial charge in [0.25, 0.3) is 0 Å². The lowest BCUT2D eigenvalue weighted by Crippen LogP contribution is -2.18. The van der Waals surface area contributed by atoms with E-state index in [0.29, 0.717) is 0 Å². The first kappa shape index (κ1) is 27.8. The quantitative estimate of drug-likeness (QED) is 0.141. The van der Waals surface area contributed by atoms with Crippen molar-refractivity contribution in [1.82, 2.24) is 0 Å². The molecule has 0 saturated heterocycles. The molecule has 5 heteroatoms. The van der Waals surface area contributed by atoms with Gasteiger partial charge < -0.3 is 19.7 Å². The topological polar surface area (TPSA) is 58.9 Å². The molecule has 4 nitrogen and oxygen atoms in total. The standard InChI is InChI=1S/C30H41BrO4/c1-3-5-7-9-13-23(32)20-34-29-25-15-11-12-16-26(25)30(28-19-22(31)17-18-27(28)29)35-21-24(33)14-10-8-6-4-2/h11-12,15-19,23-24,32-33H,3-10,13-14,20-21H2,1-2H3. The molecule has 0 aromatic heterocycles. The maximum atomic E-state index is 10.5. The zero-order valence-electron chi connectivity index (χ0n) is 21.3. The number of aliphatic hydroxyl groups is 2. The van der Waals surface area contributed by atoms with Crippen molar-refractivity contribution < 1.29 is 19.7 Å². The molecule has 0 radical (unpaired) electrons. The summed E-state index contributed by atoms with van der Waals surface area (Å²) in [6.45, 7) is 4.90. The molecule has 0 aliphatic heterocycles. The second-order valence-electron chi connectivity index (χ2n) is 9.52. The van der Waals surface area contributed by atoms with Gasteiger partial charge in [-0.2, -0.15) is 0 Å². The van der Waals surface area contributed by atoms with E-state index in [1.54, 1.807) is 0 Å². The molecule has 2 unspecified atom stereocenters. The number of ether oxygens (including phenoxy) is 2. The maximum absolute atomic E-state index is 10.5. The van der Waals surface area contributed by atoms with E-state index >= 15 is 0 Å². The van der Waals surface area contributed by atoms with Gasteiger partial charge in [-0.05, 0) is 31.0 Å². The molecule has 0 amide bonds. The van der Waals surface area contributed by atoms with Crippen molar-refractivity contribution in [3.63, 3.8) is 0 Å². The molecule has 35 heavy (non-hydrogen) atoms. The first-order chi connectivity index (χ1) is 17.0. The fourth-order valence-corrected chi connectivity index (χ4v) is 4.88. The second kappa shape index (κ2) is 14.7. The summed E-state index contributed by atoms with van der Waals surface area (Å²) in [6.07, 6.45) is 9.59. The number of halogens is 1. The van der Waals surface area contributed by atoms with Crippen LogP contribution in [0.15, 0.2) is 46.9 Å². The molecular formula is C30H41BrO4. The molecule has 0 saturated carbocycles. The molecule has 0 spiro atoms. The van der Waals surface area contributed by atoms with Crippen LogP contribution in [0, 0.1) is 0 Å². The van der Waals surface area contributed by atoms with E-state index in [2.05, 4.69) is 29.8 Å². The van der Waals surface area contributed by atoms with E-state index in [-0.39, 0.29) is 13.2 Å². The van der Waals surface area contributed by atoms with E-state index < -0.39 is 12.2 Å². The molecule has 3 aromatic rings. The highest BCUT2D eigenvalue weighted by Gasteiger charge is 2.18. The van der Waals surface area contributed by atoms with Crippen molar-refractivity contribution >= 4 is 37.5 Å². The zero-order chi connectivity index (χ0) is 25.0. The minimum atomic E-state index is -0.494. The molecule has 0 aliphatic rings. The van der Waals surface area contributed by atoms with E-state index in [1.165, 1.54) is 25.7 Å². The van der Waals surface area contributed by atoms with Gasteiger partial charge in [-0.3, -0.25) is 0 Å². The lowest BCUT2D eigenvalue weighted by atomic mass is 10.0. The Morgan fingerprint density at radius 3 is 1.66 bits per heavy atom. The fourth-order valence-electron chi connectivity index (χ4n) is 4.52. The third kappa shape index (κ3) is 8.09. The van der Waals surface area contributed by atoms with Crippen molar-refractivity contribution in [2.24, 2.45) is 0 Å². The van der Waals surface area contributed by atoms with E-state index in [1.807, 2.05) is 42.5 Å². The van der Waals surface area contributed by atoms with Crippen molar-refractivity contribution in [1.29, 1.82) is 0 Å². The first-order valence-electron chi connectivity index (χ1n) is 13.3. The first-order valence-corrected chi connectivity index (χ1v) is 14.1. The van der Waals surface area contributed by atoms with Gasteiger partial charge in [-0.15, -0.1) is 0 Å². The van der Waals surface area contributed by atoms with Crippen LogP contribution in [0.25, 0.3) is 21.5 Å². The van der Waals surface area contributed by atoms with Crippen LogP contribution in [0.4, 0.5) is 0 Å². The van der Waals surface area contributed by atoms with Crippen molar-refractivity contribution in [3.8, 4) is 11.5 Å². The molecule has 2 N–H and O–H groups in total. The van der Waals surface area contributed by atoms with Gasteiger partial charge in [-0.1, -0.05) is 105 Å². The van der Waals surface area contributed by atoms with Crippen molar-refractivity contribution in [2.75, 3.05) is 13.2 Å². The fraction of sp³-hybridized carbons (Fsp3) is 0.533. The van der Waals surface area contributed by atoms with E-state index in [9.17, 15) is 10.2 Å². The number of benzene rings is 3. The highest BCUT2D eigenvalue weighted by Crippen LogP contribution is 2.43. The Morgan fingerprint density at radius 2 is 1.14 bits per heavy atom. The van der Waals surface area contributed by atoms with Gasteiger partial charge in [0, 0.05) is 26.0 Å². The number of unbranched alkanes of at least 4 members (excludes halogenated alkanes) is 6. The molecule has 3 rings (SSSR count). The Kier molecular flexibility index (Phi) is 11.6. The van der Waals surface area contributed by atoms with Crippen LogP contribution in [0.1, 0.15) is 78.1 Å². The Balaban J connectivity index is 1.84. The van der Waals surface area contributed by atoms with Crippen LogP contribution in [-0.2, 0) is 0 Å². The third-order valence-corrected chi connectivity index (χ3v) is 7.00.